The van der Waals surface area contributed by atoms with Gasteiger partial charge in [-0.1, -0.05) is 54.6 Å². The SMILES string of the molecule is O[C@H](c1ccccc1)c1nc2ccccc2c2ccc(F)cc12. The Hall–Kier alpha value is -2.78. The Kier molecular flexibility index (Phi) is 3.28. The minimum absolute atomic E-state index is 0.337. The van der Waals surface area contributed by atoms with E-state index in [4.69, 9.17) is 0 Å². The second-order valence-corrected chi connectivity index (χ2v) is 5.52. The Labute approximate surface area is 132 Å². The maximum Gasteiger partial charge on any atom is 0.123 e. The highest BCUT2D eigenvalue weighted by molar-refractivity contribution is 6.06. The Bertz CT molecular complexity index is 998. The van der Waals surface area contributed by atoms with Crippen molar-refractivity contribution >= 4 is 21.7 Å². The first kappa shape index (κ1) is 13.9. The van der Waals surface area contributed by atoms with Crippen LogP contribution < -0.4 is 0 Å². The van der Waals surface area contributed by atoms with Gasteiger partial charge in [0.2, 0.25) is 0 Å². The Balaban J connectivity index is 2.06. The molecule has 0 bridgehead atoms. The molecular weight excluding hydrogens is 289 g/mol. The highest BCUT2D eigenvalue weighted by Gasteiger charge is 2.17. The normalized spacial score (nSPS) is 12.6. The third-order valence-electron chi connectivity index (χ3n) is 4.07. The molecule has 0 saturated heterocycles. The molecule has 1 heterocycles. The number of hydrogen-bond acceptors (Lipinski definition) is 2. The molecule has 0 fully saturated rings. The summed E-state index contributed by atoms with van der Waals surface area (Å²) in [6.07, 6.45) is -0.898. The van der Waals surface area contributed by atoms with Crippen molar-refractivity contribution < 1.29 is 9.50 Å². The van der Waals surface area contributed by atoms with Gasteiger partial charge in [-0.05, 0) is 29.1 Å². The third-order valence-corrected chi connectivity index (χ3v) is 4.07. The molecule has 0 aliphatic heterocycles. The fourth-order valence-electron chi connectivity index (χ4n) is 2.95. The highest BCUT2D eigenvalue weighted by atomic mass is 19.1. The van der Waals surface area contributed by atoms with Crippen LogP contribution in [0.4, 0.5) is 4.39 Å². The Morgan fingerprint density at radius 1 is 0.783 bits per heavy atom. The lowest BCUT2D eigenvalue weighted by Gasteiger charge is -2.15. The lowest BCUT2D eigenvalue weighted by Crippen LogP contribution is -2.04. The zero-order valence-electron chi connectivity index (χ0n) is 12.3. The first-order valence-corrected chi connectivity index (χ1v) is 7.45. The predicted molar refractivity (Wildman–Crippen MR) is 89.7 cm³/mol. The summed E-state index contributed by atoms with van der Waals surface area (Å²) in [7, 11) is 0. The second kappa shape index (κ2) is 5.45. The molecule has 0 radical (unpaired) electrons. The van der Waals surface area contributed by atoms with Crippen molar-refractivity contribution in [1.29, 1.82) is 0 Å². The van der Waals surface area contributed by atoms with E-state index in [0.717, 1.165) is 21.9 Å². The first-order chi connectivity index (χ1) is 11.2. The maximum absolute atomic E-state index is 13.8. The molecule has 1 aromatic heterocycles. The van der Waals surface area contributed by atoms with Crippen molar-refractivity contribution in [2.75, 3.05) is 0 Å². The molecule has 112 valence electrons. The molecule has 1 N–H and O–H groups in total. The van der Waals surface area contributed by atoms with E-state index in [1.54, 1.807) is 6.07 Å². The number of pyridine rings is 1. The second-order valence-electron chi connectivity index (χ2n) is 5.52. The third kappa shape index (κ3) is 2.35. The van der Waals surface area contributed by atoms with Crippen molar-refractivity contribution in [2.24, 2.45) is 0 Å². The Morgan fingerprint density at radius 3 is 2.35 bits per heavy atom. The van der Waals surface area contributed by atoms with Crippen LogP contribution in [0.3, 0.4) is 0 Å². The van der Waals surface area contributed by atoms with Gasteiger partial charge in [0.25, 0.3) is 0 Å². The number of para-hydroxylation sites is 1. The van der Waals surface area contributed by atoms with Crippen LogP contribution in [0.5, 0.6) is 0 Å². The summed E-state index contributed by atoms with van der Waals surface area (Å²) >= 11 is 0. The van der Waals surface area contributed by atoms with Crippen molar-refractivity contribution in [3.8, 4) is 0 Å². The lowest BCUT2D eigenvalue weighted by molar-refractivity contribution is 0.217. The molecule has 3 aromatic carbocycles. The van der Waals surface area contributed by atoms with Gasteiger partial charge in [-0.3, -0.25) is 0 Å². The molecule has 0 saturated carbocycles. The van der Waals surface area contributed by atoms with E-state index >= 15 is 0 Å². The minimum Gasteiger partial charge on any atom is -0.382 e. The molecule has 0 aliphatic rings. The Morgan fingerprint density at radius 2 is 1.52 bits per heavy atom. The van der Waals surface area contributed by atoms with Gasteiger partial charge in [-0.2, -0.15) is 0 Å². The number of halogens is 1. The van der Waals surface area contributed by atoms with Crippen molar-refractivity contribution in [3.63, 3.8) is 0 Å². The van der Waals surface area contributed by atoms with Crippen molar-refractivity contribution in [3.05, 3.63) is 89.9 Å². The molecule has 2 nitrogen and oxygen atoms in total. The molecule has 3 heteroatoms. The number of rotatable bonds is 2. The van der Waals surface area contributed by atoms with Gasteiger partial charge >= 0.3 is 0 Å². The van der Waals surface area contributed by atoms with Crippen LogP contribution in [0, 0.1) is 5.82 Å². The van der Waals surface area contributed by atoms with Gasteiger partial charge in [0, 0.05) is 10.8 Å². The summed E-state index contributed by atoms with van der Waals surface area (Å²) < 4.78 is 13.8. The van der Waals surface area contributed by atoms with Gasteiger partial charge in [-0.25, -0.2) is 9.37 Å². The van der Waals surface area contributed by atoms with Crippen molar-refractivity contribution in [2.45, 2.75) is 6.10 Å². The molecular formula is C20H14FNO. The molecule has 4 aromatic rings. The summed E-state index contributed by atoms with van der Waals surface area (Å²) in [4.78, 5) is 4.60. The van der Waals surface area contributed by atoms with Crippen LogP contribution in [-0.2, 0) is 0 Å². The number of aliphatic hydroxyl groups excluding tert-OH is 1. The summed E-state index contributed by atoms with van der Waals surface area (Å²) in [5, 5.41) is 13.2. The molecule has 0 spiro atoms. The van der Waals surface area contributed by atoms with E-state index in [0.29, 0.717) is 11.1 Å². The van der Waals surface area contributed by atoms with Crippen LogP contribution in [0.15, 0.2) is 72.8 Å². The topological polar surface area (TPSA) is 33.1 Å². The molecule has 0 aliphatic carbocycles. The van der Waals surface area contributed by atoms with Gasteiger partial charge in [0.05, 0.1) is 11.2 Å². The number of aromatic nitrogens is 1. The predicted octanol–water partition coefficient (Wildman–Crippen LogP) is 4.61. The van der Waals surface area contributed by atoms with Gasteiger partial charge in [-0.15, -0.1) is 0 Å². The largest absolute Gasteiger partial charge is 0.382 e. The average Bonchev–Trinajstić information content (AvgIpc) is 2.61. The van der Waals surface area contributed by atoms with E-state index < -0.39 is 6.10 Å². The highest BCUT2D eigenvalue weighted by Crippen LogP contribution is 2.32. The number of benzene rings is 3. The number of aliphatic hydroxyl groups is 1. The van der Waals surface area contributed by atoms with E-state index in [1.165, 1.54) is 12.1 Å². The number of hydrogen-bond donors (Lipinski definition) is 1. The van der Waals surface area contributed by atoms with Crippen LogP contribution >= 0.6 is 0 Å². The number of fused-ring (bicyclic) bond motifs is 3. The minimum atomic E-state index is -0.898. The van der Waals surface area contributed by atoms with Gasteiger partial charge in [0.1, 0.15) is 11.9 Å². The van der Waals surface area contributed by atoms with Crippen LogP contribution in [0.25, 0.3) is 21.7 Å². The van der Waals surface area contributed by atoms with Crippen LogP contribution in [0.2, 0.25) is 0 Å². The molecule has 4 rings (SSSR count). The van der Waals surface area contributed by atoms with Crippen LogP contribution in [-0.4, -0.2) is 10.1 Å². The summed E-state index contributed by atoms with van der Waals surface area (Å²) in [5.41, 5.74) is 2.00. The first-order valence-electron chi connectivity index (χ1n) is 7.45. The zero-order chi connectivity index (χ0) is 15.8. The maximum atomic E-state index is 13.8. The van der Waals surface area contributed by atoms with Gasteiger partial charge < -0.3 is 5.11 Å². The lowest BCUT2D eigenvalue weighted by atomic mass is 9.98. The van der Waals surface area contributed by atoms with E-state index in [9.17, 15) is 9.50 Å². The fraction of sp³-hybridized carbons (Fsp3) is 0.0500. The standard InChI is InChI=1S/C20H14FNO/c21-14-10-11-15-16-8-4-5-9-18(16)22-19(17(15)12-14)20(23)13-6-2-1-3-7-13/h1-12,20,23H/t20-/m1/s1. The summed E-state index contributed by atoms with van der Waals surface area (Å²) in [5.74, 6) is -0.337. The quantitative estimate of drug-likeness (QED) is 0.549. The molecule has 0 unspecified atom stereocenters. The summed E-state index contributed by atoms with van der Waals surface area (Å²) in [6.45, 7) is 0. The smallest absolute Gasteiger partial charge is 0.123 e. The number of nitrogens with zero attached hydrogens (tertiary/aromatic N) is 1. The summed E-state index contributed by atoms with van der Waals surface area (Å²) in [6, 6.07) is 21.6. The molecule has 0 amide bonds. The zero-order valence-corrected chi connectivity index (χ0v) is 12.3. The van der Waals surface area contributed by atoms with E-state index in [-0.39, 0.29) is 5.82 Å². The van der Waals surface area contributed by atoms with E-state index in [1.807, 2.05) is 54.6 Å². The van der Waals surface area contributed by atoms with Crippen molar-refractivity contribution in [1.82, 2.24) is 4.98 Å². The molecule has 1 atom stereocenters. The van der Waals surface area contributed by atoms with Crippen LogP contribution in [0.1, 0.15) is 17.4 Å². The monoisotopic (exact) mass is 303 g/mol. The molecule has 23 heavy (non-hydrogen) atoms. The average molecular weight is 303 g/mol. The van der Waals surface area contributed by atoms with Gasteiger partial charge in [0.15, 0.2) is 0 Å². The fourth-order valence-corrected chi connectivity index (χ4v) is 2.95. The van der Waals surface area contributed by atoms with E-state index in [2.05, 4.69) is 4.98 Å².